The van der Waals surface area contributed by atoms with Crippen LogP contribution < -0.4 is 0 Å². The predicted molar refractivity (Wildman–Crippen MR) is 38.4 cm³/mol. The van der Waals surface area contributed by atoms with Gasteiger partial charge in [0.25, 0.3) is 0 Å². The van der Waals surface area contributed by atoms with Crippen LogP contribution >= 0.6 is 0 Å². The molecule has 0 rings (SSSR count). The van der Waals surface area contributed by atoms with Crippen molar-refractivity contribution in [2.75, 3.05) is 6.61 Å². The molecule has 0 aliphatic heterocycles. The Morgan fingerprint density at radius 3 is 2.08 bits per heavy atom. The molecule has 0 radical (unpaired) electrons. The van der Waals surface area contributed by atoms with Gasteiger partial charge in [-0.25, -0.2) is 0 Å². The molecule has 0 aromatic rings. The highest BCUT2D eigenvalue weighted by Gasteiger charge is 2.26. The zero-order chi connectivity index (χ0) is 9.72. The Morgan fingerprint density at radius 1 is 1.25 bits per heavy atom. The lowest BCUT2D eigenvalue weighted by Gasteiger charge is -2.20. The van der Waals surface area contributed by atoms with Gasteiger partial charge < -0.3 is 30.6 Å². The Morgan fingerprint density at radius 2 is 1.75 bits per heavy atom. The van der Waals surface area contributed by atoms with Crippen LogP contribution in [0.4, 0.5) is 0 Å². The van der Waals surface area contributed by atoms with E-state index in [1.165, 1.54) is 0 Å². The molecular weight excluding hydrogens is 168 g/mol. The topological polar surface area (TPSA) is 121 Å². The third-order valence-electron chi connectivity index (χ3n) is 1.34. The summed E-state index contributed by atoms with van der Waals surface area (Å²) in [4.78, 5) is 0. The molecular formula is C6H12O6. The maximum atomic E-state index is 8.92. The standard InChI is InChI=1S/C6H12O6/c7-1-3(9)5(11)6(12)4(10)2-8/h1,4-12H,2H2/b3-1-/t4-,5-,6-/m1/s1. The number of hydrogen-bond acceptors (Lipinski definition) is 6. The fraction of sp³-hybridized carbons (Fsp3) is 0.667. The second-order valence-corrected chi connectivity index (χ2v) is 2.24. The zero-order valence-corrected chi connectivity index (χ0v) is 6.20. The van der Waals surface area contributed by atoms with E-state index in [0.29, 0.717) is 0 Å². The summed E-state index contributed by atoms with van der Waals surface area (Å²) < 4.78 is 0. The molecule has 0 heterocycles. The average Bonchev–Trinajstić information content (AvgIpc) is 2.12. The van der Waals surface area contributed by atoms with Gasteiger partial charge in [-0.05, 0) is 0 Å². The molecule has 0 fully saturated rings. The molecule has 3 atom stereocenters. The molecule has 0 saturated heterocycles. The van der Waals surface area contributed by atoms with E-state index in [1.807, 2.05) is 0 Å². The summed E-state index contributed by atoms with van der Waals surface area (Å²) >= 11 is 0. The maximum absolute atomic E-state index is 8.92. The summed E-state index contributed by atoms with van der Waals surface area (Å²) in [5.41, 5.74) is 0. The fourth-order valence-corrected chi connectivity index (χ4v) is 0.570. The van der Waals surface area contributed by atoms with Crippen molar-refractivity contribution in [2.24, 2.45) is 0 Å². The van der Waals surface area contributed by atoms with E-state index in [4.69, 9.17) is 30.6 Å². The summed E-state index contributed by atoms with van der Waals surface area (Å²) in [6.07, 6.45) is -4.92. The lowest BCUT2D eigenvalue weighted by molar-refractivity contribution is -0.0750. The third-order valence-corrected chi connectivity index (χ3v) is 1.34. The molecule has 0 bridgehead atoms. The smallest absolute Gasteiger partial charge is 0.158 e. The van der Waals surface area contributed by atoms with Crippen LogP contribution in [0.3, 0.4) is 0 Å². The highest BCUT2D eigenvalue weighted by molar-refractivity contribution is 4.97. The van der Waals surface area contributed by atoms with Crippen molar-refractivity contribution in [1.82, 2.24) is 0 Å². The molecule has 12 heavy (non-hydrogen) atoms. The maximum Gasteiger partial charge on any atom is 0.158 e. The van der Waals surface area contributed by atoms with Crippen molar-refractivity contribution in [3.05, 3.63) is 12.0 Å². The molecule has 0 amide bonds. The second kappa shape index (κ2) is 4.94. The highest BCUT2D eigenvalue weighted by Crippen LogP contribution is 2.06. The quantitative estimate of drug-likeness (QED) is 0.279. The number of aliphatic hydroxyl groups is 6. The average molecular weight is 180 g/mol. The minimum Gasteiger partial charge on any atom is -0.512 e. The minimum atomic E-state index is -1.81. The summed E-state index contributed by atoms with van der Waals surface area (Å²) in [6, 6.07) is 0. The molecule has 0 aromatic carbocycles. The first kappa shape index (κ1) is 11.2. The Balaban J connectivity index is 4.18. The van der Waals surface area contributed by atoms with Gasteiger partial charge in [0.1, 0.15) is 24.6 Å². The first-order valence-corrected chi connectivity index (χ1v) is 3.22. The molecule has 6 heteroatoms. The van der Waals surface area contributed by atoms with Crippen LogP contribution in [-0.2, 0) is 0 Å². The van der Waals surface area contributed by atoms with Crippen molar-refractivity contribution < 1.29 is 30.6 Å². The van der Waals surface area contributed by atoms with Gasteiger partial charge in [-0.1, -0.05) is 0 Å². The van der Waals surface area contributed by atoms with Gasteiger partial charge in [0.15, 0.2) is 5.76 Å². The SMILES string of the molecule is O/C=C(\O)[C@@H](O)[C@H](O)[C@H](O)CO. The fourth-order valence-electron chi connectivity index (χ4n) is 0.570. The summed E-state index contributed by atoms with van der Waals surface area (Å²) in [5.74, 6) is -0.880. The first-order valence-electron chi connectivity index (χ1n) is 3.22. The van der Waals surface area contributed by atoms with Gasteiger partial charge in [0, 0.05) is 0 Å². The summed E-state index contributed by atoms with van der Waals surface area (Å²) in [6.45, 7) is -0.753. The zero-order valence-electron chi connectivity index (χ0n) is 6.20. The van der Waals surface area contributed by atoms with Crippen LogP contribution in [0.5, 0.6) is 0 Å². The molecule has 0 unspecified atom stereocenters. The first-order chi connectivity index (χ1) is 5.54. The highest BCUT2D eigenvalue weighted by atomic mass is 16.4. The van der Waals surface area contributed by atoms with Crippen molar-refractivity contribution in [1.29, 1.82) is 0 Å². The van der Waals surface area contributed by atoms with Crippen molar-refractivity contribution in [3.8, 4) is 0 Å². The van der Waals surface area contributed by atoms with E-state index in [9.17, 15) is 0 Å². The third kappa shape index (κ3) is 2.67. The molecule has 0 aromatic heterocycles. The lowest BCUT2D eigenvalue weighted by Crippen LogP contribution is -2.40. The van der Waals surface area contributed by atoms with Gasteiger partial charge in [-0.2, -0.15) is 0 Å². The Hall–Kier alpha value is -0.820. The van der Waals surface area contributed by atoms with Gasteiger partial charge in [0.05, 0.1) is 6.61 Å². The minimum absolute atomic E-state index is 0.192. The van der Waals surface area contributed by atoms with Crippen LogP contribution in [0, 0.1) is 0 Å². The van der Waals surface area contributed by atoms with E-state index in [1.54, 1.807) is 0 Å². The van der Waals surface area contributed by atoms with E-state index >= 15 is 0 Å². The molecule has 0 saturated carbocycles. The van der Waals surface area contributed by atoms with E-state index < -0.39 is 30.7 Å². The Labute approximate surface area is 68.6 Å². The van der Waals surface area contributed by atoms with E-state index in [2.05, 4.69) is 0 Å². The van der Waals surface area contributed by atoms with E-state index in [0.717, 1.165) is 0 Å². The predicted octanol–water partition coefficient (Wildman–Crippen LogP) is -1.98. The molecule has 0 aliphatic rings. The number of hydrogen-bond donors (Lipinski definition) is 6. The monoisotopic (exact) mass is 180 g/mol. The van der Waals surface area contributed by atoms with Crippen LogP contribution in [0.25, 0.3) is 0 Å². The van der Waals surface area contributed by atoms with Gasteiger partial charge in [0.2, 0.25) is 0 Å². The largest absolute Gasteiger partial charge is 0.512 e. The van der Waals surface area contributed by atoms with Gasteiger partial charge in [-0.15, -0.1) is 0 Å². The number of aliphatic hydroxyl groups excluding tert-OH is 6. The second-order valence-electron chi connectivity index (χ2n) is 2.24. The Bertz CT molecular complexity index is 156. The normalized spacial score (nSPS) is 20.2. The van der Waals surface area contributed by atoms with Crippen molar-refractivity contribution >= 4 is 0 Å². The van der Waals surface area contributed by atoms with Crippen molar-refractivity contribution in [2.45, 2.75) is 18.3 Å². The molecule has 0 aliphatic carbocycles. The molecule has 72 valence electrons. The lowest BCUT2D eigenvalue weighted by atomic mass is 10.1. The van der Waals surface area contributed by atoms with Crippen molar-refractivity contribution in [3.63, 3.8) is 0 Å². The van der Waals surface area contributed by atoms with Crippen LogP contribution in [0.2, 0.25) is 0 Å². The molecule has 6 N–H and O–H groups in total. The van der Waals surface area contributed by atoms with Gasteiger partial charge in [-0.3, -0.25) is 0 Å². The molecule has 6 nitrogen and oxygen atoms in total. The van der Waals surface area contributed by atoms with Gasteiger partial charge >= 0.3 is 0 Å². The van der Waals surface area contributed by atoms with Crippen LogP contribution in [0.1, 0.15) is 0 Å². The number of rotatable bonds is 4. The summed E-state index contributed by atoms with van der Waals surface area (Å²) in [5, 5.41) is 51.7. The Kier molecular flexibility index (Phi) is 4.60. The van der Waals surface area contributed by atoms with Crippen LogP contribution in [-0.4, -0.2) is 55.6 Å². The summed E-state index contributed by atoms with van der Waals surface area (Å²) in [7, 11) is 0. The van der Waals surface area contributed by atoms with E-state index in [-0.39, 0.29) is 6.26 Å². The van der Waals surface area contributed by atoms with Crippen LogP contribution in [0.15, 0.2) is 12.0 Å². The molecule has 0 spiro atoms.